The van der Waals surface area contributed by atoms with Crippen molar-refractivity contribution < 1.29 is 19.0 Å². The number of hydrogen-bond acceptors (Lipinski definition) is 4. The summed E-state index contributed by atoms with van der Waals surface area (Å²) in [4.78, 5) is 13.2. The fourth-order valence-corrected chi connectivity index (χ4v) is 3.60. The zero-order valence-corrected chi connectivity index (χ0v) is 20.3. The molecule has 0 radical (unpaired) electrons. The lowest BCUT2D eigenvalue weighted by Gasteiger charge is -2.15. The molecule has 4 aromatic carbocycles. The van der Waals surface area contributed by atoms with Gasteiger partial charge in [-0.15, -0.1) is 0 Å². The van der Waals surface area contributed by atoms with Crippen LogP contribution in [-0.4, -0.2) is 12.5 Å². The highest BCUT2D eigenvalue weighted by atomic mass is 35.5. The number of aryl methyl sites for hydroxylation is 1. The third-order valence-electron chi connectivity index (χ3n) is 5.20. The molecule has 0 saturated carbocycles. The maximum Gasteiger partial charge on any atom is 0.255 e. The summed E-state index contributed by atoms with van der Waals surface area (Å²) >= 11 is 6.20. The highest BCUT2D eigenvalue weighted by molar-refractivity contribution is 6.31. The Hall–Kier alpha value is -3.96. The molecule has 35 heavy (non-hydrogen) atoms. The van der Waals surface area contributed by atoms with Crippen LogP contribution in [0, 0.1) is 6.92 Å². The van der Waals surface area contributed by atoms with Crippen molar-refractivity contribution in [2.45, 2.75) is 20.5 Å². The van der Waals surface area contributed by atoms with Gasteiger partial charge in [0, 0.05) is 16.1 Å². The molecular weight excluding hydrogens is 462 g/mol. The fraction of sp³-hybridized carbons (Fsp3) is 0.138. The molecule has 1 N–H and O–H groups in total. The normalized spacial score (nSPS) is 10.5. The molecule has 0 aromatic heterocycles. The van der Waals surface area contributed by atoms with E-state index in [1.807, 2.05) is 68.4 Å². The van der Waals surface area contributed by atoms with Crippen LogP contribution in [0.5, 0.6) is 23.0 Å². The Morgan fingerprint density at radius 1 is 0.829 bits per heavy atom. The zero-order chi connectivity index (χ0) is 24.6. The summed E-state index contributed by atoms with van der Waals surface area (Å²) in [6.45, 7) is 4.71. The van der Waals surface area contributed by atoms with E-state index in [9.17, 15) is 4.79 Å². The van der Waals surface area contributed by atoms with Gasteiger partial charge in [-0.2, -0.15) is 0 Å². The maximum absolute atomic E-state index is 13.2. The molecule has 0 atom stereocenters. The molecule has 1 amide bonds. The van der Waals surface area contributed by atoms with Crippen LogP contribution in [0.2, 0.25) is 5.02 Å². The number of carbonyl (C=O) groups excluding carboxylic acids is 1. The van der Waals surface area contributed by atoms with Gasteiger partial charge in [-0.3, -0.25) is 4.79 Å². The lowest BCUT2D eigenvalue weighted by atomic mass is 10.1. The van der Waals surface area contributed by atoms with Crippen LogP contribution in [0.15, 0.2) is 91.0 Å². The van der Waals surface area contributed by atoms with E-state index in [-0.39, 0.29) is 12.5 Å². The van der Waals surface area contributed by atoms with Gasteiger partial charge in [0.05, 0.1) is 12.3 Å². The van der Waals surface area contributed by atoms with Crippen molar-refractivity contribution in [3.63, 3.8) is 0 Å². The van der Waals surface area contributed by atoms with Crippen molar-refractivity contribution in [2.75, 3.05) is 11.9 Å². The molecule has 4 aromatic rings. The topological polar surface area (TPSA) is 56.8 Å². The average Bonchev–Trinajstić information content (AvgIpc) is 2.87. The van der Waals surface area contributed by atoms with Gasteiger partial charge in [-0.25, -0.2) is 0 Å². The van der Waals surface area contributed by atoms with Gasteiger partial charge in [-0.1, -0.05) is 47.5 Å². The van der Waals surface area contributed by atoms with Crippen molar-refractivity contribution in [2.24, 2.45) is 0 Å². The number of rotatable bonds is 9. The monoisotopic (exact) mass is 487 g/mol. The van der Waals surface area contributed by atoms with Crippen molar-refractivity contribution in [3.8, 4) is 23.0 Å². The van der Waals surface area contributed by atoms with Crippen LogP contribution in [0.3, 0.4) is 0 Å². The van der Waals surface area contributed by atoms with Gasteiger partial charge in [-0.05, 0) is 74.5 Å². The number of anilines is 1. The number of halogens is 1. The van der Waals surface area contributed by atoms with Crippen molar-refractivity contribution >= 4 is 23.2 Å². The quantitative estimate of drug-likeness (QED) is 0.263. The fourth-order valence-electron chi connectivity index (χ4n) is 3.42. The van der Waals surface area contributed by atoms with E-state index in [2.05, 4.69) is 5.32 Å². The molecule has 4 rings (SSSR count). The van der Waals surface area contributed by atoms with Gasteiger partial charge < -0.3 is 19.5 Å². The summed E-state index contributed by atoms with van der Waals surface area (Å²) in [7, 11) is 0. The van der Waals surface area contributed by atoms with Crippen LogP contribution >= 0.6 is 11.6 Å². The number of nitrogens with one attached hydrogen (secondary N) is 1. The van der Waals surface area contributed by atoms with E-state index in [4.69, 9.17) is 25.8 Å². The number of carbonyl (C=O) groups is 1. The molecule has 5 nitrogen and oxygen atoms in total. The number of para-hydroxylation sites is 1. The molecule has 0 aliphatic carbocycles. The molecule has 178 valence electrons. The number of hydrogen-bond donors (Lipinski definition) is 1. The smallest absolute Gasteiger partial charge is 0.255 e. The Morgan fingerprint density at radius 3 is 2.31 bits per heavy atom. The van der Waals surface area contributed by atoms with Gasteiger partial charge in [0.2, 0.25) is 0 Å². The summed E-state index contributed by atoms with van der Waals surface area (Å²) in [5, 5.41) is 3.40. The molecule has 0 heterocycles. The van der Waals surface area contributed by atoms with E-state index in [1.54, 1.807) is 36.4 Å². The van der Waals surface area contributed by atoms with Crippen molar-refractivity contribution in [3.05, 3.63) is 113 Å². The Bertz CT molecular complexity index is 1290. The van der Waals surface area contributed by atoms with E-state index in [0.717, 1.165) is 16.9 Å². The molecule has 0 saturated heterocycles. The predicted molar refractivity (Wildman–Crippen MR) is 139 cm³/mol. The first-order valence-corrected chi connectivity index (χ1v) is 11.7. The van der Waals surface area contributed by atoms with Crippen molar-refractivity contribution in [1.29, 1.82) is 0 Å². The maximum atomic E-state index is 13.2. The number of benzene rings is 4. The average molecular weight is 488 g/mol. The van der Waals surface area contributed by atoms with Crippen molar-refractivity contribution in [1.82, 2.24) is 0 Å². The van der Waals surface area contributed by atoms with Gasteiger partial charge in [0.1, 0.15) is 23.9 Å². The molecule has 0 bridgehead atoms. The Balaban J connectivity index is 1.54. The minimum absolute atomic E-state index is 0.263. The molecule has 0 aliphatic heterocycles. The first kappa shape index (κ1) is 24.2. The molecular formula is C29H26ClNO4. The second kappa shape index (κ2) is 11.4. The molecule has 0 aliphatic rings. The Kier molecular flexibility index (Phi) is 7.91. The van der Waals surface area contributed by atoms with Crippen LogP contribution in [-0.2, 0) is 6.61 Å². The third-order valence-corrected chi connectivity index (χ3v) is 5.43. The largest absolute Gasteiger partial charge is 0.493 e. The molecule has 6 heteroatoms. The Morgan fingerprint density at radius 2 is 1.57 bits per heavy atom. The van der Waals surface area contributed by atoms with E-state index in [0.29, 0.717) is 40.1 Å². The third kappa shape index (κ3) is 6.55. The van der Waals surface area contributed by atoms with E-state index in [1.165, 1.54) is 0 Å². The van der Waals surface area contributed by atoms with E-state index < -0.39 is 0 Å². The van der Waals surface area contributed by atoms with Crippen LogP contribution in [0.4, 0.5) is 5.69 Å². The summed E-state index contributed by atoms with van der Waals surface area (Å²) in [6, 6.07) is 27.5. The zero-order valence-electron chi connectivity index (χ0n) is 19.6. The predicted octanol–water partition coefficient (Wildman–Crippen LogP) is 7.67. The van der Waals surface area contributed by atoms with Gasteiger partial charge >= 0.3 is 0 Å². The minimum atomic E-state index is -0.301. The van der Waals surface area contributed by atoms with Crippen LogP contribution < -0.4 is 19.5 Å². The second-order valence-electron chi connectivity index (χ2n) is 7.87. The lowest BCUT2D eigenvalue weighted by Crippen LogP contribution is -2.13. The number of amides is 1. The van der Waals surface area contributed by atoms with Crippen LogP contribution in [0.1, 0.15) is 28.4 Å². The van der Waals surface area contributed by atoms with Gasteiger partial charge in [0.25, 0.3) is 5.91 Å². The lowest BCUT2D eigenvalue weighted by molar-refractivity contribution is 0.102. The first-order valence-electron chi connectivity index (χ1n) is 11.3. The second-order valence-corrected chi connectivity index (χ2v) is 8.30. The molecule has 0 spiro atoms. The highest BCUT2D eigenvalue weighted by Gasteiger charge is 2.15. The highest BCUT2D eigenvalue weighted by Crippen LogP contribution is 2.33. The summed E-state index contributed by atoms with van der Waals surface area (Å²) in [5.74, 6) is 2.26. The van der Waals surface area contributed by atoms with E-state index >= 15 is 0 Å². The first-order chi connectivity index (χ1) is 17.0. The summed E-state index contributed by atoms with van der Waals surface area (Å²) in [6.07, 6.45) is 0. The van der Waals surface area contributed by atoms with Gasteiger partial charge in [0.15, 0.2) is 5.75 Å². The van der Waals surface area contributed by atoms with Crippen LogP contribution in [0.25, 0.3) is 0 Å². The minimum Gasteiger partial charge on any atom is -0.493 e. The number of ether oxygens (including phenoxy) is 3. The molecule has 0 unspecified atom stereocenters. The summed E-state index contributed by atoms with van der Waals surface area (Å²) in [5.41, 5.74) is 2.86. The molecule has 0 fully saturated rings. The summed E-state index contributed by atoms with van der Waals surface area (Å²) < 4.78 is 17.6. The SMILES string of the molecule is CCOc1ccc(C(=O)Nc2cc(Cl)ccc2Oc2ccccc2)cc1COc1ccc(C)cc1. The Labute approximate surface area is 210 Å². The standard InChI is InChI=1S/C29H26ClNO4/c1-3-33-27-15-11-21(17-22(27)19-34-24-13-9-20(2)10-14-24)29(32)31-26-18-23(30)12-16-28(26)35-25-7-5-4-6-8-25/h4-18H,3,19H2,1-2H3,(H,31,32).